The van der Waals surface area contributed by atoms with E-state index in [1.165, 1.54) is 63.8 Å². The summed E-state index contributed by atoms with van der Waals surface area (Å²) < 4.78 is 7.88. The number of hydrogen-bond donors (Lipinski definition) is 0. The largest absolute Gasteiger partial charge is 0.492 e. The molecule has 5 nitrogen and oxygen atoms in total. The van der Waals surface area contributed by atoms with Gasteiger partial charge in [0.1, 0.15) is 12.4 Å². The molecule has 4 rings (SSSR count). The summed E-state index contributed by atoms with van der Waals surface area (Å²) >= 11 is 0. The van der Waals surface area contributed by atoms with Crippen molar-refractivity contribution in [2.24, 2.45) is 0 Å². The van der Waals surface area contributed by atoms with Crippen molar-refractivity contribution in [1.82, 2.24) is 19.4 Å². The Hall–Kier alpha value is -1.85. The third-order valence-corrected chi connectivity index (χ3v) is 5.97. The molecule has 1 saturated carbocycles. The van der Waals surface area contributed by atoms with Crippen molar-refractivity contribution in [3.8, 4) is 5.75 Å². The lowest BCUT2D eigenvalue weighted by atomic mass is 10.2. The van der Waals surface area contributed by atoms with E-state index in [9.17, 15) is 0 Å². The summed E-state index contributed by atoms with van der Waals surface area (Å²) in [6.45, 7) is 7.47. The van der Waals surface area contributed by atoms with Crippen LogP contribution in [0.3, 0.4) is 0 Å². The van der Waals surface area contributed by atoms with Crippen molar-refractivity contribution < 1.29 is 4.74 Å². The Kier molecular flexibility index (Phi) is 6.43. The summed E-state index contributed by atoms with van der Waals surface area (Å²) in [7, 11) is 0. The quantitative estimate of drug-likeness (QED) is 0.750. The number of imidazole rings is 1. The normalized spacial score (nSPS) is 20.0. The predicted molar refractivity (Wildman–Crippen MR) is 108 cm³/mol. The Labute approximate surface area is 162 Å². The van der Waals surface area contributed by atoms with Gasteiger partial charge in [-0.1, -0.05) is 25.0 Å². The first-order chi connectivity index (χ1) is 13.4. The smallest absolute Gasteiger partial charge is 0.119 e. The molecule has 2 aliphatic rings. The van der Waals surface area contributed by atoms with E-state index in [2.05, 4.69) is 39.0 Å². The molecule has 1 aromatic heterocycles. The molecule has 1 aromatic carbocycles. The van der Waals surface area contributed by atoms with Gasteiger partial charge in [-0.15, -0.1) is 0 Å². The van der Waals surface area contributed by atoms with E-state index in [0.29, 0.717) is 6.61 Å². The van der Waals surface area contributed by atoms with Crippen LogP contribution >= 0.6 is 0 Å². The highest BCUT2D eigenvalue weighted by molar-refractivity contribution is 5.27. The van der Waals surface area contributed by atoms with Crippen LogP contribution in [0.5, 0.6) is 5.75 Å². The standard InChI is InChI=1S/C22H32N4O/c1-2-5-21(4-1)26-12-3-11-24(14-15-26)18-20-6-8-22(9-7-20)27-17-16-25-13-10-23-19-25/h6-10,13,19,21H,1-5,11-12,14-18H2. The molecule has 0 unspecified atom stereocenters. The molecule has 0 amide bonds. The molecule has 0 bridgehead atoms. The minimum atomic E-state index is 0.666. The highest BCUT2D eigenvalue weighted by Crippen LogP contribution is 2.24. The van der Waals surface area contributed by atoms with Gasteiger partial charge < -0.3 is 9.30 Å². The maximum absolute atomic E-state index is 5.85. The maximum atomic E-state index is 5.85. The fourth-order valence-corrected chi connectivity index (χ4v) is 4.42. The van der Waals surface area contributed by atoms with Gasteiger partial charge in [-0.25, -0.2) is 4.98 Å². The molecule has 146 valence electrons. The van der Waals surface area contributed by atoms with Crippen LogP contribution in [-0.2, 0) is 13.1 Å². The van der Waals surface area contributed by atoms with Crippen LogP contribution in [0.2, 0.25) is 0 Å². The second-order valence-corrected chi connectivity index (χ2v) is 7.90. The number of ether oxygens (including phenoxy) is 1. The lowest BCUT2D eigenvalue weighted by Crippen LogP contribution is -2.36. The molecule has 1 aliphatic carbocycles. The van der Waals surface area contributed by atoms with Gasteiger partial charge in [0.25, 0.3) is 0 Å². The van der Waals surface area contributed by atoms with Crippen molar-refractivity contribution in [1.29, 1.82) is 0 Å². The second-order valence-electron chi connectivity index (χ2n) is 7.90. The first-order valence-electron chi connectivity index (χ1n) is 10.5. The zero-order valence-corrected chi connectivity index (χ0v) is 16.3. The fourth-order valence-electron chi connectivity index (χ4n) is 4.42. The Morgan fingerprint density at radius 2 is 1.81 bits per heavy atom. The number of rotatable bonds is 7. The van der Waals surface area contributed by atoms with Crippen LogP contribution in [-0.4, -0.2) is 58.2 Å². The van der Waals surface area contributed by atoms with Gasteiger partial charge in [0.05, 0.1) is 12.9 Å². The zero-order valence-electron chi connectivity index (χ0n) is 16.3. The van der Waals surface area contributed by atoms with Gasteiger partial charge in [0.15, 0.2) is 0 Å². The first kappa shape index (κ1) is 18.5. The van der Waals surface area contributed by atoms with E-state index in [1.807, 2.05) is 17.1 Å². The van der Waals surface area contributed by atoms with E-state index in [4.69, 9.17) is 4.74 Å². The van der Waals surface area contributed by atoms with E-state index in [0.717, 1.165) is 24.9 Å². The molecule has 0 atom stereocenters. The number of nitrogens with zero attached hydrogens (tertiary/aromatic N) is 4. The molecule has 2 aromatic rings. The fraction of sp³-hybridized carbons (Fsp3) is 0.591. The zero-order chi connectivity index (χ0) is 18.3. The SMILES string of the molecule is c1cn(CCOc2ccc(CN3CCCN(C4CCCC4)CC3)cc2)cn1. The monoisotopic (exact) mass is 368 g/mol. The number of benzene rings is 1. The lowest BCUT2D eigenvalue weighted by Gasteiger charge is -2.27. The minimum Gasteiger partial charge on any atom is -0.492 e. The summed E-state index contributed by atoms with van der Waals surface area (Å²) in [6.07, 6.45) is 12.6. The van der Waals surface area contributed by atoms with E-state index >= 15 is 0 Å². The van der Waals surface area contributed by atoms with Gasteiger partial charge in [0, 0.05) is 38.1 Å². The second kappa shape index (κ2) is 9.38. The van der Waals surface area contributed by atoms with Gasteiger partial charge >= 0.3 is 0 Å². The van der Waals surface area contributed by atoms with Crippen molar-refractivity contribution in [2.75, 3.05) is 32.8 Å². The molecular formula is C22H32N4O. The molecule has 2 fully saturated rings. The topological polar surface area (TPSA) is 33.5 Å². The third kappa shape index (κ3) is 5.33. The van der Waals surface area contributed by atoms with Crippen LogP contribution in [0.15, 0.2) is 43.0 Å². The van der Waals surface area contributed by atoms with E-state index < -0.39 is 0 Å². The van der Waals surface area contributed by atoms with Crippen molar-refractivity contribution in [2.45, 2.75) is 51.2 Å². The van der Waals surface area contributed by atoms with Crippen molar-refractivity contribution in [3.05, 3.63) is 48.5 Å². The number of hydrogen-bond acceptors (Lipinski definition) is 4. The first-order valence-corrected chi connectivity index (χ1v) is 10.5. The number of aromatic nitrogens is 2. The van der Waals surface area contributed by atoms with Gasteiger partial charge in [-0.2, -0.15) is 0 Å². The summed E-state index contributed by atoms with van der Waals surface area (Å²) in [4.78, 5) is 9.42. The molecular weight excluding hydrogens is 336 g/mol. The minimum absolute atomic E-state index is 0.666. The van der Waals surface area contributed by atoms with Crippen molar-refractivity contribution in [3.63, 3.8) is 0 Å². The van der Waals surface area contributed by atoms with Crippen LogP contribution in [0.25, 0.3) is 0 Å². The average molecular weight is 369 g/mol. The van der Waals surface area contributed by atoms with Crippen LogP contribution in [0.4, 0.5) is 0 Å². The average Bonchev–Trinajstić information content (AvgIpc) is 3.36. The Balaban J connectivity index is 1.22. The van der Waals surface area contributed by atoms with E-state index in [-0.39, 0.29) is 0 Å². The van der Waals surface area contributed by atoms with Crippen LogP contribution in [0.1, 0.15) is 37.7 Å². The van der Waals surface area contributed by atoms with E-state index in [1.54, 1.807) is 6.20 Å². The van der Waals surface area contributed by atoms with Gasteiger partial charge in [-0.3, -0.25) is 9.80 Å². The highest BCUT2D eigenvalue weighted by atomic mass is 16.5. The molecule has 0 N–H and O–H groups in total. The van der Waals surface area contributed by atoms with Crippen LogP contribution < -0.4 is 4.74 Å². The third-order valence-electron chi connectivity index (χ3n) is 5.97. The molecule has 0 spiro atoms. The molecule has 2 heterocycles. The summed E-state index contributed by atoms with van der Waals surface area (Å²) in [5.74, 6) is 0.946. The molecule has 0 radical (unpaired) electrons. The van der Waals surface area contributed by atoms with Crippen LogP contribution in [0, 0.1) is 0 Å². The Morgan fingerprint density at radius 1 is 0.963 bits per heavy atom. The Bertz CT molecular complexity index is 664. The van der Waals surface area contributed by atoms with Gasteiger partial charge in [0.2, 0.25) is 0 Å². The summed E-state index contributed by atoms with van der Waals surface area (Å²) in [5, 5.41) is 0. The molecule has 1 aliphatic heterocycles. The Morgan fingerprint density at radius 3 is 2.59 bits per heavy atom. The highest BCUT2D eigenvalue weighted by Gasteiger charge is 2.24. The molecule has 5 heteroatoms. The maximum Gasteiger partial charge on any atom is 0.119 e. The summed E-state index contributed by atoms with van der Waals surface area (Å²) in [6, 6.07) is 9.50. The molecule has 1 saturated heterocycles. The van der Waals surface area contributed by atoms with Gasteiger partial charge in [-0.05, 0) is 50.0 Å². The lowest BCUT2D eigenvalue weighted by molar-refractivity contribution is 0.198. The van der Waals surface area contributed by atoms with Crippen molar-refractivity contribution >= 4 is 0 Å². The predicted octanol–water partition coefficient (Wildman–Crippen LogP) is 3.41. The summed E-state index contributed by atoms with van der Waals surface area (Å²) in [5.41, 5.74) is 1.38. The molecule has 27 heavy (non-hydrogen) atoms.